The van der Waals surface area contributed by atoms with Crippen LogP contribution >= 0.6 is 11.3 Å². The van der Waals surface area contributed by atoms with E-state index in [9.17, 15) is 23.9 Å². The zero-order valence-electron chi connectivity index (χ0n) is 22.7. The van der Waals surface area contributed by atoms with Gasteiger partial charge in [0.05, 0.1) is 45.6 Å². The molecule has 3 heterocycles. The number of fused-ring (bicyclic) bond motifs is 1. The third-order valence-electron chi connectivity index (χ3n) is 6.58. The third kappa shape index (κ3) is 7.20. The van der Waals surface area contributed by atoms with Gasteiger partial charge in [0.2, 0.25) is 0 Å². The molecule has 0 saturated carbocycles. The Balaban J connectivity index is 1.27. The number of ether oxygens (including phenoxy) is 2. The van der Waals surface area contributed by atoms with Crippen molar-refractivity contribution in [3.8, 4) is 17.0 Å². The number of aromatic nitrogens is 4. The fourth-order valence-electron chi connectivity index (χ4n) is 4.52. The highest BCUT2D eigenvalue weighted by molar-refractivity contribution is 7.13. The molecule has 43 heavy (non-hydrogen) atoms. The van der Waals surface area contributed by atoms with E-state index in [2.05, 4.69) is 20.6 Å². The van der Waals surface area contributed by atoms with Crippen molar-refractivity contribution in [2.24, 2.45) is 0 Å². The number of carboxylic acids is 1. The number of nitrogens with zero attached hydrogens (tertiary/aromatic N) is 5. The van der Waals surface area contributed by atoms with E-state index in [1.165, 1.54) is 22.4 Å². The van der Waals surface area contributed by atoms with Gasteiger partial charge in [0, 0.05) is 34.8 Å². The van der Waals surface area contributed by atoms with Gasteiger partial charge in [-0.2, -0.15) is 0 Å². The molecule has 2 aromatic carbocycles. The van der Waals surface area contributed by atoms with Crippen LogP contribution in [-0.4, -0.2) is 79.3 Å². The Labute approximate surface area is 248 Å². The van der Waals surface area contributed by atoms with E-state index in [0.717, 1.165) is 18.2 Å². The molecular weight excluding hydrogens is 583 g/mol. The summed E-state index contributed by atoms with van der Waals surface area (Å²) in [7, 11) is 0. The lowest BCUT2D eigenvalue weighted by Gasteiger charge is -2.27. The first kappa shape index (κ1) is 29.8. The molecule has 0 bridgehead atoms. The summed E-state index contributed by atoms with van der Waals surface area (Å²) in [5.74, 6) is -3.02. The predicted octanol–water partition coefficient (Wildman–Crippen LogP) is 3.09. The molecule has 0 radical (unpaired) electrons. The predicted molar refractivity (Wildman–Crippen MR) is 151 cm³/mol. The quantitative estimate of drug-likeness (QED) is 0.180. The van der Waals surface area contributed by atoms with E-state index in [1.54, 1.807) is 34.5 Å². The van der Waals surface area contributed by atoms with E-state index in [1.807, 2.05) is 0 Å². The number of benzene rings is 2. The molecule has 1 aliphatic rings. The molecule has 13 nitrogen and oxygen atoms in total. The highest BCUT2D eigenvalue weighted by Gasteiger charge is 2.39. The van der Waals surface area contributed by atoms with Crippen LogP contribution in [0.3, 0.4) is 0 Å². The van der Waals surface area contributed by atoms with E-state index < -0.39 is 29.6 Å². The minimum absolute atomic E-state index is 0.0487. The number of phenolic OH excluding ortho intramolecular Hbond substituents is 1. The molecule has 5 rings (SSSR count). The van der Waals surface area contributed by atoms with Crippen LogP contribution in [-0.2, 0) is 32.2 Å². The van der Waals surface area contributed by atoms with Crippen LogP contribution in [0.15, 0.2) is 54.2 Å². The topological polar surface area (TPSA) is 169 Å². The first-order valence-electron chi connectivity index (χ1n) is 13.2. The SMILES string of the molecule is O=C(O)CCOCCOCCn1cc(-c2ccc3c(c2)C(=O)N(C(C(=O)Nc2nccs2)c2cc(F)ccc2O)C3)nn1. The largest absolute Gasteiger partial charge is 0.508 e. The van der Waals surface area contributed by atoms with Crippen LogP contribution in [0, 0.1) is 5.82 Å². The number of hydrogen-bond donors (Lipinski definition) is 3. The van der Waals surface area contributed by atoms with Crippen LogP contribution in [0.2, 0.25) is 0 Å². The number of hydrogen-bond acceptors (Lipinski definition) is 10. The van der Waals surface area contributed by atoms with Gasteiger partial charge >= 0.3 is 5.97 Å². The second-order valence-electron chi connectivity index (χ2n) is 9.47. The number of phenols is 1. The summed E-state index contributed by atoms with van der Waals surface area (Å²) in [6, 6.07) is 7.14. The van der Waals surface area contributed by atoms with Crippen molar-refractivity contribution in [3.05, 3.63) is 76.7 Å². The maximum Gasteiger partial charge on any atom is 0.305 e. The number of anilines is 1. The number of aromatic hydroxyl groups is 1. The maximum atomic E-state index is 14.2. The van der Waals surface area contributed by atoms with Crippen LogP contribution in [0.5, 0.6) is 5.75 Å². The molecule has 2 aromatic heterocycles. The normalized spacial score (nSPS) is 13.2. The molecule has 15 heteroatoms. The number of thiazole rings is 1. The second-order valence-corrected chi connectivity index (χ2v) is 10.4. The third-order valence-corrected chi connectivity index (χ3v) is 7.27. The number of aliphatic carboxylic acids is 1. The molecule has 4 aromatic rings. The minimum atomic E-state index is -1.33. The average Bonchev–Trinajstić information content (AvgIpc) is 3.74. The second kappa shape index (κ2) is 13.5. The van der Waals surface area contributed by atoms with Crippen molar-refractivity contribution < 1.29 is 38.5 Å². The smallest absolute Gasteiger partial charge is 0.305 e. The van der Waals surface area contributed by atoms with Gasteiger partial charge in [-0.15, -0.1) is 16.4 Å². The molecule has 1 aliphatic heterocycles. The molecule has 224 valence electrons. The fraction of sp³-hybridized carbons (Fsp3) is 0.286. The van der Waals surface area contributed by atoms with Gasteiger partial charge in [-0.3, -0.25) is 19.7 Å². The Hall–Kier alpha value is -4.73. The molecule has 2 amide bonds. The lowest BCUT2D eigenvalue weighted by atomic mass is 10.0. The lowest BCUT2D eigenvalue weighted by molar-refractivity contribution is -0.138. The highest BCUT2D eigenvalue weighted by atomic mass is 32.1. The van der Waals surface area contributed by atoms with E-state index in [4.69, 9.17) is 14.6 Å². The van der Waals surface area contributed by atoms with E-state index in [0.29, 0.717) is 47.3 Å². The molecule has 0 fully saturated rings. The van der Waals surface area contributed by atoms with Gasteiger partial charge in [-0.25, -0.2) is 14.1 Å². The van der Waals surface area contributed by atoms with E-state index in [-0.39, 0.29) is 37.5 Å². The Morgan fingerprint density at radius 1 is 1.12 bits per heavy atom. The molecule has 3 N–H and O–H groups in total. The Bertz CT molecular complexity index is 1610. The number of carbonyl (C=O) groups is 3. The summed E-state index contributed by atoms with van der Waals surface area (Å²) < 4.78 is 26.5. The van der Waals surface area contributed by atoms with Crippen molar-refractivity contribution in [1.29, 1.82) is 0 Å². The maximum absolute atomic E-state index is 14.2. The van der Waals surface area contributed by atoms with Crippen LogP contribution in [0.1, 0.15) is 33.9 Å². The molecule has 1 atom stereocenters. The number of nitrogens with one attached hydrogen (secondary N) is 1. The summed E-state index contributed by atoms with van der Waals surface area (Å²) in [6.07, 6.45) is 3.16. The van der Waals surface area contributed by atoms with Crippen molar-refractivity contribution in [2.45, 2.75) is 25.6 Å². The fourth-order valence-corrected chi connectivity index (χ4v) is 5.06. The Kier molecular flexibility index (Phi) is 9.34. The van der Waals surface area contributed by atoms with Crippen LogP contribution in [0.4, 0.5) is 9.52 Å². The van der Waals surface area contributed by atoms with Gasteiger partial charge in [0.15, 0.2) is 5.13 Å². The molecular formula is C28H27FN6O7S. The summed E-state index contributed by atoms with van der Waals surface area (Å²) in [4.78, 5) is 42.9. The number of amides is 2. The van der Waals surface area contributed by atoms with Crippen molar-refractivity contribution in [3.63, 3.8) is 0 Å². The van der Waals surface area contributed by atoms with Gasteiger partial charge < -0.3 is 24.6 Å². The number of carbonyl (C=O) groups excluding carboxylic acids is 2. The van der Waals surface area contributed by atoms with Crippen molar-refractivity contribution >= 4 is 34.3 Å². The average molecular weight is 611 g/mol. The standard InChI is InChI=1S/C28H27FN6O7S/c29-19-3-4-23(36)21(14-19)25(26(39)31-28-30-6-12-43-28)35-15-18-2-1-17(13-20(18)27(35)40)22-16-34(33-32-22)7-9-42-11-10-41-8-5-24(37)38/h1-4,6,12-14,16,25,36H,5,7-11,15H2,(H,37,38)(H,30,31,39). The Morgan fingerprint density at radius 3 is 2.70 bits per heavy atom. The summed E-state index contributed by atoms with van der Waals surface area (Å²) in [6.45, 7) is 1.51. The first-order valence-corrected chi connectivity index (χ1v) is 14.1. The monoisotopic (exact) mass is 610 g/mol. The molecule has 0 aliphatic carbocycles. The first-order chi connectivity index (χ1) is 20.8. The van der Waals surface area contributed by atoms with Crippen molar-refractivity contribution in [2.75, 3.05) is 31.7 Å². The lowest BCUT2D eigenvalue weighted by Crippen LogP contribution is -2.37. The van der Waals surface area contributed by atoms with E-state index >= 15 is 0 Å². The number of halogens is 1. The van der Waals surface area contributed by atoms with Gasteiger partial charge in [0.25, 0.3) is 11.8 Å². The van der Waals surface area contributed by atoms with Crippen molar-refractivity contribution in [1.82, 2.24) is 24.9 Å². The van der Waals surface area contributed by atoms with Crippen LogP contribution in [0.25, 0.3) is 11.3 Å². The summed E-state index contributed by atoms with van der Waals surface area (Å²) >= 11 is 1.18. The number of rotatable bonds is 14. The molecule has 0 spiro atoms. The Morgan fingerprint density at radius 2 is 1.93 bits per heavy atom. The zero-order valence-corrected chi connectivity index (χ0v) is 23.5. The molecule has 1 unspecified atom stereocenters. The highest BCUT2D eigenvalue weighted by Crippen LogP contribution is 2.37. The van der Waals surface area contributed by atoms with Gasteiger partial charge in [-0.05, 0) is 29.8 Å². The summed E-state index contributed by atoms with van der Waals surface area (Å²) in [5.41, 5.74) is 2.11. The molecule has 0 saturated heterocycles. The van der Waals surface area contributed by atoms with Crippen LogP contribution < -0.4 is 5.32 Å². The number of carboxylic acid groups (broad SMARTS) is 1. The minimum Gasteiger partial charge on any atom is -0.508 e. The zero-order chi connectivity index (χ0) is 30.3. The summed E-state index contributed by atoms with van der Waals surface area (Å²) in [5, 5.41) is 32.1. The van der Waals surface area contributed by atoms with Gasteiger partial charge in [-0.1, -0.05) is 17.3 Å². The van der Waals surface area contributed by atoms with Gasteiger partial charge in [0.1, 0.15) is 23.3 Å².